The second-order valence-electron chi connectivity index (χ2n) is 6.86. The van der Waals surface area contributed by atoms with E-state index in [1.54, 1.807) is 0 Å². The lowest BCUT2D eigenvalue weighted by molar-refractivity contribution is -0.133. The highest BCUT2D eigenvalue weighted by Crippen LogP contribution is 2.23. The number of hydrogen-bond acceptors (Lipinski definition) is 3. The maximum absolute atomic E-state index is 12.6. The third kappa shape index (κ3) is 4.18. The molecule has 112 valence electrons. The van der Waals surface area contributed by atoms with Crippen LogP contribution in [0.15, 0.2) is 0 Å². The van der Waals surface area contributed by atoms with Crippen molar-refractivity contribution >= 4 is 5.91 Å². The second-order valence-corrected chi connectivity index (χ2v) is 6.86. The summed E-state index contributed by atoms with van der Waals surface area (Å²) in [5.74, 6) is 1.22. The number of likely N-dealkylation sites (N-methyl/N-ethyl adjacent to an activating group) is 1. The molecule has 4 nitrogen and oxygen atoms in total. The fraction of sp³-hybridized carbons (Fsp3) is 0.933. The Kier molecular flexibility index (Phi) is 5.81. The molecule has 3 atom stereocenters. The van der Waals surface area contributed by atoms with Crippen LogP contribution in [0.3, 0.4) is 0 Å². The number of carbonyl (C=O) groups is 1. The van der Waals surface area contributed by atoms with Crippen molar-refractivity contribution in [2.45, 2.75) is 59.3 Å². The Balaban J connectivity index is 2.85. The number of rotatable bonds is 6. The molecular formula is C15H31N3O. The molecule has 0 spiro atoms. The minimum Gasteiger partial charge on any atom is -0.322 e. The zero-order valence-electron chi connectivity index (χ0n) is 13.6. The van der Waals surface area contributed by atoms with Gasteiger partial charge in [-0.15, -0.1) is 0 Å². The summed E-state index contributed by atoms with van der Waals surface area (Å²) in [5.41, 5.74) is 0. The largest absolute Gasteiger partial charge is 0.322 e. The maximum atomic E-state index is 12.6. The van der Waals surface area contributed by atoms with Crippen LogP contribution in [0.2, 0.25) is 0 Å². The van der Waals surface area contributed by atoms with E-state index in [1.165, 1.54) is 0 Å². The van der Waals surface area contributed by atoms with Crippen LogP contribution >= 0.6 is 0 Å². The lowest BCUT2D eigenvalue weighted by Gasteiger charge is -2.34. The van der Waals surface area contributed by atoms with Crippen LogP contribution in [0, 0.1) is 11.8 Å². The van der Waals surface area contributed by atoms with Crippen molar-refractivity contribution in [2.24, 2.45) is 11.8 Å². The smallest absolute Gasteiger partial charge is 0.241 e. The van der Waals surface area contributed by atoms with Crippen LogP contribution in [-0.4, -0.2) is 54.6 Å². The van der Waals surface area contributed by atoms with Crippen molar-refractivity contribution in [3.8, 4) is 0 Å². The van der Waals surface area contributed by atoms with Crippen LogP contribution < -0.4 is 5.32 Å². The highest BCUT2D eigenvalue weighted by molar-refractivity contribution is 5.84. The minimum absolute atomic E-state index is 0.0215. The van der Waals surface area contributed by atoms with Gasteiger partial charge in [0.25, 0.3) is 0 Å². The van der Waals surface area contributed by atoms with E-state index in [1.807, 2.05) is 0 Å². The van der Waals surface area contributed by atoms with E-state index in [0.29, 0.717) is 17.9 Å². The fourth-order valence-electron chi connectivity index (χ4n) is 2.98. The van der Waals surface area contributed by atoms with Crippen molar-refractivity contribution in [3.63, 3.8) is 0 Å². The van der Waals surface area contributed by atoms with Crippen LogP contribution in [0.5, 0.6) is 0 Å². The molecule has 0 aromatic heterocycles. The van der Waals surface area contributed by atoms with Gasteiger partial charge in [-0.3, -0.25) is 10.1 Å². The van der Waals surface area contributed by atoms with E-state index in [-0.39, 0.29) is 18.1 Å². The Morgan fingerprint density at radius 3 is 2.21 bits per heavy atom. The van der Waals surface area contributed by atoms with E-state index in [2.05, 4.69) is 63.8 Å². The van der Waals surface area contributed by atoms with Gasteiger partial charge in [0.15, 0.2) is 0 Å². The zero-order chi connectivity index (χ0) is 14.7. The Hall–Kier alpha value is -0.610. The third-order valence-electron chi connectivity index (χ3n) is 3.74. The van der Waals surface area contributed by atoms with Gasteiger partial charge < -0.3 is 9.80 Å². The van der Waals surface area contributed by atoms with Gasteiger partial charge in [0.05, 0.1) is 12.2 Å². The van der Waals surface area contributed by atoms with Gasteiger partial charge in [0.1, 0.15) is 0 Å². The lowest BCUT2D eigenvalue weighted by atomic mass is 10.00. The predicted molar refractivity (Wildman–Crippen MR) is 79.9 cm³/mol. The molecule has 1 fully saturated rings. The molecule has 0 bridgehead atoms. The van der Waals surface area contributed by atoms with E-state index in [0.717, 1.165) is 13.0 Å². The van der Waals surface area contributed by atoms with Gasteiger partial charge in [0, 0.05) is 12.6 Å². The molecule has 4 heteroatoms. The fourth-order valence-corrected chi connectivity index (χ4v) is 2.98. The van der Waals surface area contributed by atoms with Crippen molar-refractivity contribution in [1.82, 2.24) is 15.1 Å². The predicted octanol–water partition coefficient (Wildman–Crippen LogP) is 1.77. The Morgan fingerprint density at radius 1 is 1.26 bits per heavy atom. The SMILES string of the molecule is CC(C)CC(CN(C)C)N1C(=O)C(C(C)C)NC1C. The first-order chi connectivity index (χ1) is 8.73. The quantitative estimate of drug-likeness (QED) is 0.798. The summed E-state index contributed by atoms with van der Waals surface area (Å²) in [6.07, 6.45) is 1.20. The van der Waals surface area contributed by atoms with E-state index >= 15 is 0 Å². The van der Waals surface area contributed by atoms with E-state index < -0.39 is 0 Å². The monoisotopic (exact) mass is 269 g/mol. The lowest BCUT2D eigenvalue weighted by Crippen LogP contribution is -2.48. The molecule has 1 saturated heterocycles. The minimum atomic E-state index is -0.0215. The summed E-state index contributed by atoms with van der Waals surface area (Å²) in [6.45, 7) is 11.7. The first kappa shape index (κ1) is 16.4. The Morgan fingerprint density at radius 2 is 1.84 bits per heavy atom. The topological polar surface area (TPSA) is 35.6 Å². The molecule has 1 aliphatic heterocycles. The van der Waals surface area contributed by atoms with Crippen molar-refractivity contribution in [2.75, 3.05) is 20.6 Å². The van der Waals surface area contributed by atoms with Crippen LogP contribution in [0.25, 0.3) is 0 Å². The molecule has 1 aliphatic rings. The number of amides is 1. The summed E-state index contributed by atoms with van der Waals surface area (Å²) in [7, 11) is 4.15. The molecule has 0 saturated carbocycles. The van der Waals surface area contributed by atoms with E-state index in [4.69, 9.17) is 0 Å². The van der Waals surface area contributed by atoms with Gasteiger partial charge in [-0.1, -0.05) is 27.7 Å². The maximum Gasteiger partial charge on any atom is 0.241 e. The molecule has 3 unspecified atom stereocenters. The number of nitrogens with one attached hydrogen (secondary N) is 1. The van der Waals surface area contributed by atoms with Crippen LogP contribution in [0.1, 0.15) is 41.0 Å². The second kappa shape index (κ2) is 6.71. The summed E-state index contributed by atoms with van der Waals surface area (Å²) < 4.78 is 0. The van der Waals surface area contributed by atoms with Crippen molar-refractivity contribution < 1.29 is 4.79 Å². The molecule has 1 amide bonds. The van der Waals surface area contributed by atoms with Gasteiger partial charge in [-0.05, 0) is 39.3 Å². The average Bonchev–Trinajstić information content (AvgIpc) is 2.52. The van der Waals surface area contributed by atoms with Crippen LogP contribution in [-0.2, 0) is 4.79 Å². The number of carbonyl (C=O) groups excluding carboxylic acids is 1. The summed E-state index contributed by atoms with van der Waals surface area (Å²) in [5, 5.41) is 3.44. The molecule has 0 aromatic carbocycles. The number of hydrogen-bond donors (Lipinski definition) is 1. The molecule has 19 heavy (non-hydrogen) atoms. The molecule has 1 rings (SSSR count). The Bertz CT molecular complexity index is 292. The van der Waals surface area contributed by atoms with Gasteiger partial charge in [-0.25, -0.2) is 0 Å². The van der Waals surface area contributed by atoms with Gasteiger partial charge >= 0.3 is 0 Å². The summed E-state index contributed by atoms with van der Waals surface area (Å²) in [4.78, 5) is 16.9. The molecule has 1 N–H and O–H groups in total. The van der Waals surface area contributed by atoms with Gasteiger partial charge in [0.2, 0.25) is 5.91 Å². The highest BCUT2D eigenvalue weighted by Gasteiger charge is 2.41. The molecule has 0 aromatic rings. The normalized spacial score (nSPS) is 26.0. The number of nitrogens with zero attached hydrogens (tertiary/aromatic N) is 2. The highest BCUT2D eigenvalue weighted by atomic mass is 16.2. The van der Waals surface area contributed by atoms with Crippen molar-refractivity contribution in [3.05, 3.63) is 0 Å². The van der Waals surface area contributed by atoms with E-state index in [9.17, 15) is 4.79 Å². The van der Waals surface area contributed by atoms with Gasteiger partial charge in [-0.2, -0.15) is 0 Å². The standard InChI is InChI=1S/C15H31N3O/c1-10(2)8-13(9-17(6)7)18-12(5)16-14(11(3)4)15(18)19/h10-14,16H,8-9H2,1-7H3. The summed E-state index contributed by atoms with van der Waals surface area (Å²) >= 11 is 0. The van der Waals surface area contributed by atoms with Crippen molar-refractivity contribution in [1.29, 1.82) is 0 Å². The first-order valence-electron chi connectivity index (χ1n) is 7.47. The Labute approximate surface area is 118 Å². The molecule has 0 radical (unpaired) electrons. The first-order valence-corrected chi connectivity index (χ1v) is 7.47. The third-order valence-corrected chi connectivity index (χ3v) is 3.74. The molecule has 1 heterocycles. The average molecular weight is 269 g/mol. The molecule has 0 aliphatic carbocycles. The van der Waals surface area contributed by atoms with Crippen LogP contribution in [0.4, 0.5) is 0 Å². The molecular weight excluding hydrogens is 238 g/mol. The zero-order valence-corrected chi connectivity index (χ0v) is 13.6. The summed E-state index contributed by atoms with van der Waals surface area (Å²) in [6, 6.07) is 0.278.